The van der Waals surface area contributed by atoms with Crippen LogP contribution in [0.3, 0.4) is 0 Å². The number of hydrogen-bond donors (Lipinski definition) is 2. The molecular weight excluding hydrogens is 272 g/mol. The minimum Gasteiger partial charge on any atom is -0.335 e. The fraction of sp³-hybridized carbons (Fsp3) is 0.316. The summed E-state index contributed by atoms with van der Waals surface area (Å²) in [5.74, 6) is 0. The molecule has 0 saturated heterocycles. The van der Waals surface area contributed by atoms with E-state index in [1.54, 1.807) is 0 Å². The summed E-state index contributed by atoms with van der Waals surface area (Å²) < 4.78 is 0. The lowest BCUT2D eigenvalue weighted by Gasteiger charge is -2.13. The molecule has 112 valence electrons. The van der Waals surface area contributed by atoms with Crippen LogP contribution in [0, 0.1) is 0 Å². The molecule has 1 saturated carbocycles. The second kappa shape index (κ2) is 5.48. The summed E-state index contributed by atoms with van der Waals surface area (Å²) in [6.07, 6.45) is 5.61. The molecule has 2 aliphatic carbocycles. The molecule has 2 aromatic carbocycles. The van der Waals surface area contributed by atoms with Gasteiger partial charge in [0.15, 0.2) is 0 Å². The molecule has 22 heavy (non-hydrogen) atoms. The van der Waals surface area contributed by atoms with Crippen molar-refractivity contribution in [3.63, 3.8) is 0 Å². The van der Waals surface area contributed by atoms with Crippen molar-refractivity contribution in [2.75, 3.05) is 5.32 Å². The second-order valence-corrected chi connectivity index (χ2v) is 6.29. The van der Waals surface area contributed by atoms with Crippen LogP contribution in [-0.4, -0.2) is 12.1 Å². The lowest BCUT2D eigenvalue weighted by Crippen LogP contribution is -2.36. The van der Waals surface area contributed by atoms with Gasteiger partial charge in [0.2, 0.25) is 0 Å². The van der Waals surface area contributed by atoms with Crippen molar-refractivity contribution in [2.24, 2.45) is 0 Å². The number of nitrogens with one attached hydrogen (secondary N) is 2. The Kier molecular flexibility index (Phi) is 3.34. The van der Waals surface area contributed by atoms with Gasteiger partial charge in [0.05, 0.1) is 0 Å². The molecule has 3 nitrogen and oxygen atoms in total. The quantitative estimate of drug-likeness (QED) is 0.725. The van der Waals surface area contributed by atoms with Crippen molar-refractivity contribution in [1.29, 1.82) is 0 Å². The zero-order valence-corrected chi connectivity index (χ0v) is 12.6. The van der Waals surface area contributed by atoms with Gasteiger partial charge in [-0.05, 0) is 53.6 Å². The van der Waals surface area contributed by atoms with E-state index in [4.69, 9.17) is 0 Å². The number of rotatable bonds is 2. The van der Waals surface area contributed by atoms with Crippen LogP contribution >= 0.6 is 0 Å². The largest absolute Gasteiger partial charge is 0.335 e. The molecule has 1 fully saturated rings. The van der Waals surface area contributed by atoms with E-state index in [2.05, 4.69) is 47.0 Å². The van der Waals surface area contributed by atoms with E-state index in [-0.39, 0.29) is 6.03 Å². The SMILES string of the molecule is O=C(Nc1ccc2c(c1)Cc1ccccc1-2)NC1CCCC1. The van der Waals surface area contributed by atoms with Gasteiger partial charge in [-0.1, -0.05) is 43.2 Å². The van der Waals surface area contributed by atoms with Crippen LogP contribution in [0.5, 0.6) is 0 Å². The average Bonchev–Trinajstić information content (AvgIpc) is 3.13. The summed E-state index contributed by atoms with van der Waals surface area (Å²) in [6.45, 7) is 0. The third-order valence-electron chi connectivity index (χ3n) is 4.74. The van der Waals surface area contributed by atoms with Gasteiger partial charge in [-0.15, -0.1) is 0 Å². The normalized spacial score (nSPS) is 16.2. The number of hydrogen-bond acceptors (Lipinski definition) is 1. The third-order valence-corrected chi connectivity index (χ3v) is 4.74. The van der Waals surface area contributed by atoms with Crippen molar-refractivity contribution in [3.05, 3.63) is 53.6 Å². The molecule has 0 radical (unpaired) electrons. The minimum atomic E-state index is -0.0811. The number of carbonyl (C=O) groups is 1. The summed E-state index contributed by atoms with van der Waals surface area (Å²) in [7, 11) is 0. The van der Waals surface area contributed by atoms with Crippen LogP contribution in [0.25, 0.3) is 11.1 Å². The number of urea groups is 1. The molecule has 0 spiro atoms. The monoisotopic (exact) mass is 292 g/mol. The van der Waals surface area contributed by atoms with E-state index >= 15 is 0 Å². The van der Waals surface area contributed by atoms with Gasteiger partial charge in [0.25, 0.3) is 0 Å². The van der Waals surface area contributed by atoms with Crippen molar-refractivity contribution >= 4 is 11.7 Å². The Hall–Kier alpha value is -2.29. The molecule has 4 rings (SSSR count). The number of amides is 2. The Bertz CT molecular complexity index is 717. The molecule has 3 heteroatoms. The van der Waals surface area contributed by atoms with Crippen molar-refractivity contribution < 1.29 is 4.79 Å². The highest BCUT2D eigenvalue weighted by molar-refractivity contribution is 5.90. The maximum absolute atomic E-state index is 12.1. The molecule has 0 aromatic heterocycles. The predicted molar refractivity (Wildman–Crippen MR) is 89.1 cm³/mol. The maximum atomic E-state index is 12.1. The number of fused-ring (bicyclic) bond motifs is 3. The Morgan fingerprint density at radius 1 is 0.955 bits per heavy atom. The van der Waals surface area contributed by atoms with Gasteiger partial charge < -0.3 is 10.6 Å². The molecule has 2 amide bonds. The van der Waals surface area contributed by atoms with E-state index in [1.807, 2.05) is 6.07 Å². The first-order valence-electron chi connectivity index (χ1n) is 8.08. The molecular formula is C19H20N2O. The van der Waals surface area contributed by atoms with Crippen LogP contribution in [0.4, 0.5) is 10.5 Å². The molecule has 0 aliphatic heterocycles. The van der Waals surface area contributed by atoms with Gasteiger partial charge in [-0.3, -0.25) is 0 Å². The zero-order valence-electron chi connectivity index (χ0n) is 12.6. The van der Waals surface area contributed by atoms with E-state index < -0.39 is 0 Å². The van der Waals surface area contributed by atoms with Crippen molar-refractivity contribution in [2.45, 2.75) is 38.1 Å². The average molecular weight is 292 g/mol. The Labute approximate surface area is 130 Å². The summed E-state index contributed by atoms with van der Waals surface area (Å²) in [4.78, 5) is 12.1. The predicted octanol–water partition coefficient (Wildman–Crippen LogP) is 4.32. The van der Waals surface area contributed by atoms with Crippen molar-refractivity contribution in [1.82, 2.24) is 5.32 Å². The fourth-order valence-electron chi connectivity index (χ4n) is 3.65. The fourth-order valence-corrected chi connectivity index (χ4v) is 3.65. The first-order chi connectivity index (χ1) is 10.8. The second-order valence-electron chi connectivity index (χ2n) is 6.29. The van der Waals surface area contributed by atoms with Gasteiger partial charge in [-0.2, -0.15) is 0 Å². The van der Waals surface area contributed by atoms with E-state index in [0.717, 1.165) is 24.9 Å². The van der Waals surface area contributed by atoms with Crippen molar-refractivity contribution in [3.8, 4) is 11.1 Å². The Morgan fingerprint density at radius 2 is 1.73 bits per heavy atom. The molecule has 0 bridgehead atoms. The molecule has 2 aromatic rings. The van der Waals surface area contributed by atoms with Gasteiger partial charge >= 0.3 is 6.03 Å². The highest BCUT2D eigenvalue weighted by atomic mass is 16.2. The summed E-state index contributed by atoms with van der Waals surface area (Å²) in [5.41, 5.74) is 6.14. The number of anilines is 1. The zero-order chi connectivity index (χ0) is 14.9. The molecule has 0 heterocycles. The van der Waals surface area contributed by atoms with Crippen LogP contribution in [0.1, 0.15) is 36.8 Å². The summed E-state index contributed by atoms with van der Waals surface area (Å²) in [5, 5.41) is 6.04. The highest BCUT2D eigenvalue weighted by Crippen LogP contribution is 2.37. The lowest BCUT2D eigenvalue weighted by molar-refractivity contribution is 0.248. The number of carbonyl (C=O) groups excluding carboxylic acids is 1. The number of benzene rings is 2. The molecule has 0 atom stereocenters. The molecule has 2 N–H and O–H groups in total. The smallest absolute Gasteiger partial charge is 0.319 e. The van der Waals surface area contributed by atoms with Gasteiger partial charge in [0, 0.05) is 11.7 Å². The summed E-state index contributed by atoms with van der Waals surface area (Å²) in [6, 6.07) is 15.0. The Morgan fingerprint density at radius 3 is 2.59 bits per heavy atom. The van der Waals surface area contributed by atoms with E-state index in [9.17, 15) is 4.79 Å². The Balaban J connectivity index is 1.48. The molecule has 2 aliphatic rings. The lowest BCUT2D eigenvalue weighted by atomic mass is 10.1. The molecule has 0 unspecified atom stereocenters. The topological polar surface area (TPSA) is 41.1 Å². The standard InChI is InChI=1S/C19H20N2O/c22-19(20-15-6-2-3-7-15)21-16-9-10-18-14(12-16)11-13-5-1-4-8-17(13)18/h1,4-5,8-10,12,15H,2-3,6-7,11H2,(H2,20,21,22). The van der Waals surface area contributed by atoms with Crippen LogP contribution in [-0.2, 0) is 6.42 Å². The van der Waals surface area contributed by atoms with Gasteiger partial charge in [0.1, 0.15) is 0 Å². The van der Waals surface area contributed by atoms with Crippen LogP contribution in [0.2, 0.25) is 0 Å². The first-order valence-corrected chi connectivity index (χ1v) is 8.08. The highest BCUT2D eigenvalue weighted by Gasteiger charge is 2.19. The third kappa shape index (κ3) is 2.47. The van der Waals surface area contributed by atoms with Crippen LogP contribution in [0.15, 0.2) is 42.5 Å². The van der Waals surface area contributed by atoms with E-state index in [1.165, 1.54) is 35.1 Å². The first kappa shape index (κ1) is 13.4. The van der Waals surface area contributed by atoms with Crippen LogP contribution < -0.4 is 10.6 Å². The minimum absolute atomic E-state index is 0.0811. The summed E-state index contributed by atoms with van der Waals surface area (Å²) >= 11 is 0. The van der Waals surface area contributed by atoms with Gasteiger partial charge in [-0.25, -0.2) is 4.79 Å². The maximum Gasteiger partial charge on any atom is 0.319 e. The van der Waals surface area contributed by atoms with E-state index in [0.29, 0.717) is 6.04 Å².